The summed E-state index contributed by atoms with van der Waals surface area (Å²) in [6, 6.07) is 0. The summed E-state index contributed by atoms with van der Waals surface area (Å²) < 4.78 is 8.88. The van der Waals surface area contributed by atoms with E-state index < -0.39 is 7.82 Å². The standard InChI is InChI=1S/2K.Na.H3O4P.3H/c;;;1-5(2,3)4;;;/h;;;(H3,1,2,3,4);;;/q3*+1;;3*-1. The van der Waals surface area contributed by atoms with Crippen LogP contribution in [0.4, 0.5) is 0 Å². The molecule has 3 N–H and O–H groups in total. The molecular formula is H6K2NaO4P. The zero-order valence-electron chi connectivity index (χ0n) is 8.20. The van der Waals surface area contributed by atoms with E-state index in [0.717, 1.165) is 0 Å². The molecular weight excluding hydrogens is 196 g/mol. The van der Waals surface area contributed by atoms with Gasteiger partial charge >= 0.3 is 140 Å². The van der Waals surface area contributed by atoms with Gasteiger partial charge in [-0.25, -0.2) is 4.57 Å². The fourth-order valence-corrected chi connectivity index (χ4v) is 0. The summed E-state index contributed by atoms with van der Waals surface area (Å²) in [6.07, 6.45) is 0. The van der Waals surface area contributed by atoms with Gasteiger partial charge in [0.05, 0.1) is 0 Å². The minimum atomic E-state index is -4.64. The minimum Gasteiger partial charge on any atom is -1.00 e. The van der Waals surface area contributed by atoms with E-state index in [1.54, 1.807) is 0 Å². The molecule has 0 atom stereocenters. The van der Waals surface area contributed by atoms with Crippen LogP contribution in [0.5, 0.6) is 0 Å². The van der Waals surface area contributed by atoms with Crippen molar-refractivity contribution in [1.29, 1.82) is 0 Å². The van der Waals surface area contributed by atoms with E-state index >= 15 is 0 Å². The molecule has 0 bridgehead atoms. The van der Waals surface area contributed by atoms with Crippen molar-refractivity contribution in [3.63, 3.8) is 0 Å². The first-order valence-corrected chi connectivity index (χ1v) is 2.35. The van der Waals surface area contributed by atoms with Gasteiger partial charge in [-0.3, -0.25) is 0 Å². The first kappa shape index (κ1) is 22.8. The van der Waals surface area contributed by atoms with Gasteiger partial charge in [0.25, 0.3) is 0 Å². The molecule has 8 heteroatoms. The zero-order chi connectivity index (χ0) is 4.50. The maximum absolute atomic E-state index is 8.88. The van der Waals surface area contributed by atoms with E-state index in [9.17, 15) is 0 Å². The van der Waals surface area contributed by atoms with Crippen molar-refractivity contribution in [1.82, 2.24) is 0 Å². The topological polar surface area (TPSA) is 77.8 Å². The molecule has 0 amide bonds. The maximum atomic E-state index is 8.88. The predicted molar refractivity (Wildman–Crippen MR) is 17.6 cm³/mol. The molecule has 0 aliphatic carbocycles. The van der Waals surface area contributed by atoms with Gasteiger partial charge in [0.1, 0.15) is 0 Å². The molecule has 0 aromatic heterocycles. The van der Waals surface area contributed by atoms with Gasteiger partial charge in [0.2, 0.25) is 0 Å². The van der Waals surface area contributed by atoms with Crippen molar-refractivity contribution in [2.75, 3.05) is 0 Å². The van der Waals surface area contributed by atoms with Crippen LogP contribution in [0, 0.1) is 0 Å². The maximum Gasteiger partial charge on any atom is 1.00 e. The van der Waals surface area contributed by atoms with Crippen LogP contribution >= 0.6 is 7.82 Å². The Morgan fingerprint density at radius 3 is 1.12 bits per heavy atom. The SMILES string of the molecule is O=P(O)(O)O.[H-].[H-].[H-].[K+].[K+].[Na+]. The molecule has 0 fully saturated rings. The van der Waals surface area contributed by atoms with Gasteiger partial charge < -0.3 is 19.0 Å². The summed E-state index contributed by atoms with van der Waals surface area (Å²) in [5.74, 6) is 0. The van der Waals surface area contributed by atoms with Crippen LogP contribution in [0.1, 0.15) is 4.28 Å². The van der Waals surface area contributed by atoms with E-state index in [1.807, 2.05) is 0 Å². The normalized spacial score (nSPS) is 7.38. The van der Waals surface area contributed by atoms with Crippen LogP contribution in [0.15, 0.2) is 0 Å². The van der Waals surface area contributed by atoms with E-state index in [4.69, 9.17) is 19.2 Å². The largest absolute Gasteiger partial charge is 1.00 e. The second-order valence-corrected chi connectivity index (χ2v) is 1.54. The molecule has 0 rings (SSSR count). The van der Waals surface area contributed by atoms with Crippen molar-refractivity contribution in [2.45, 2.75) is 0 Å². The molecule has 4 nitrogen and oxygen atoms in total. The fraction of sp³-hybridized carbons (Fsp3) is 0. The Balaban J connectivity index is -0.00000000533. The van der Waals surface area contributed by atoms with Crippen molar-refractivity contribution in [2.24, 2.45) is 0 Å². The monoisotopic (exact) mass is 202 g/mol. The molecule has 38 valence electrons. The Hall–Kier alpha value is 4.38. The van der Waals surface area contributed by atoms with Crippen LogP contribution in [-0.4, -0.2) is 14.7 Å². The fourth-order valence-electron chi connectivity index (χ4n) is 0. The van der Waals surface area contributed by atoms with Crippen LogP contribution in [0.25, 0.3) is 0 Å². The molecule has 0 saturated heterocycles. The second kappa shape index (κ2) is 11.4. The molecule has 0 aromatic rings. The van der Waals surface area contributed by atoms with Gasteiger partial charge in [0, 0.05) is 0 Å². The van der Waals surface area contributed by atoms with Crippen molar-refractivity contribution < 1.29 is 156 Å². The second-order valence-electron chi connectivity index (χ2n) is 0.513. The summed E-state index contributed by atoms with van der Waals surface area (Å²) in [7, 11) is -4.64. The van der Waals surface area contributed by atoms with E-state index in [1.165, 1.54) is 0 Å². The molecule has 0 spiro atoms. The molecule has 0 saturated carbocycles. The van der Waals surface area contributed by atoms with Crippen molar-refractivity contribution >= 4 is 7.82 Å². The summed E-state index contributed by atoms with van der Waals surface area (Å²) in [5.41, 5.74) is 0. The van der Waals surface area contributed by atoms with Crippen LogP contribution < -0.4 is 132 Å². The van der Waals surface area contributed by atoms with Crippen LogP contribution in [0.2, 0.25) is 0 Å². The summed E-state index contributed by atoms with van der Waals surface area (Å²) in [4.78, 5) is 21.6. The van der Waals surface area contributed by atoms with Crippen LogP contribution in [-0.2, 0) is 4.57 Å². The molecule has 0 aliphatic heterocycles. The van der Waals surface area contributed by atoms with Crippen molar-refractivity contribution in [3.8, 4) is 0 Å². The molecule has 0 aliphatic rings. The van der Waals surface area contributed by atoms with Gasteiger partial charge in [-0.2, -0.15) is 0 Å². The first-order chi connectivity index (χ1) is 2.00. The quantitative estimate of drug-likeness (QED) is 0.269. The van der Waals surface area contributed by atoms with E-state index in [0.29, 0.717) is 0 Å². The number of phosphoric acid groups is 1. The number of rotatable bonds is 0. The van der Waals surface area contributed by atoms with Gasteiger partial charge in [-0.1, -0.05) is 0 Å². The summed E-state index contributed by atoms with van der Waals surface area (Å²) >= 11 is 0. The Morgan fingerprint density at radius 1 is 1.12 bits per heavy atom. The average molecular weight is 202 g/mol. The van der Waals surface area contributed by atoms with E-state index in [2.05, 4.69) is 0 Å². The third kappa shape index (κ3) is 47.6. The number of hydrogen-bond acceptors (Lipinski definition) is 1. The van der Waals surface area contributed by atoms with Gasteiger partial charge in [-0.15, -0.1) is 0 Å². The number of hydrogen-bond donors (Lipinski definition) is 3. The van der Waals surface area contributed by atoms with Crippen molar-refractivity contribution in [3.05, 3.63) is 0 Å². The zero-order valence-corrected chi connectivity index (χ0v) is 14.3. The van der Waals surface area contributed by atoms with E-state index in [-0.39, 0.29) is 137 Å². The molecule has 0 heterocycles. The molecule has 0 unspecified atom stereocenters. The Labute approximate surface area is 159 Å². The Kier molecular flexibility index (Phi) is 32.5. The summed E-state index contributed by atoms with van der Waals surface area (Å²) in [5, 5.41) is 0. The van der Waals surface area contributed by atoms with Gasteiger partial charge in [0.15, 0.2) is 0 Å². The Morgan fingerprint density at radius 2 is 1.12 bits per heavy atom. The Bertz CT molecular complexity index is 69.5. The third-order valence-electron chi connectivity index (χ3n) is 0. The minimum absolute atomic E-state index is 0. The third-order valence-corrected chi connectivity index (χ3v) is 0. The van der Waals surface area contributed by atoms with Gasteiger partial charge in [-0.05, 0) is 0 Å². The smallest absolute Gasteiger partial charge is 1.00 e. The predicted octanol–water partition coefficient (Wildman–Crippen LogP) is -9.58. The molecule has 0 radical (unpaired) electrons. The average Bonchev–Trinajstić information content (AvgIpc) is 0.722. The molecule has 8 heavy (non-hydrogen) atoms. The van der Waals surface area contributed by atoms with Crippen LogP contribution in [0.3, 0.4) is 0 Å². The summed E-state index contributed by atoms with van der Waals surface area (Å²) in [6.45, 7) is 0. The first-order valence-electron chi connectivity index (χ1n) is 0.783. The molecule has 0 aromatic carbocycles.